The maximum absolute atomic E-state index is 11.5. The van der Waals surface area contributed by atoms with Gasteiger partial charge in [-0.25, -0.2) is 4.68 Å². The van der Waals surface area contributed by atoms with E-state index in [4.69, 9.17) is 17.3 Å². The fourth-order valence-corrected chi connectivity index (χ4v) is 1.56. The molecule has 1 aromatic heterocycles. The monoisotopic (exact) mass is 235 g/mol. The molecule has 0 saturated heterocycles. The highest BCUT2D eigenvalue weighted by Crippen LogP contribution is 2.15. The predicted molar refractivity (Wildman–Crippen MR) is 63.5 cm³/mol. The van der Waals surface area contributed by atoms with Crippen LogP contribution in [-0.2, 0) is 6.54 Å². The van der Waals surface area contributed by atoms with Crippen LogP contribution in [0.1, 0.15) is 5.56 Å². The highest BCUT2D eigenvalue weighted by molar-refractivity contribution is 6.31. The first-order chi connectivity index (χ1) is 7.66. The van der Waals surface area contributed by atoms with Gasteiger partial charge in [-0.05, 0) is 17.7 Å². The molecule has 5 heteroatoms. The maximum atomic E-state index is 11.5. The Morgan fingerprint density at radius 1 is 1.25 bits per heavy atom. The Labute approximate surface area is 97.3 Å². The first kappa shape index (κ1) is 10.7. The van der Waals surface area contributed by atoms with Gasteiger partial charge in [0.1, 0.15) is 5.82 Å². The van der Waals surface area contributed by atoms with Crippen LogP contribution in [0, 0.1) is 0 Å². The summed E-state index contributed by atoms with van der Waals surface area (Å²) in [7, 11) is 0. The van der Waals surface area contributed by atoms with E-state index in [2.05, 4.69) is 5.10 Å². The van der Waals surface area contributed by atoms with Crippen molar-refractivity contribution in [2.75, 3.05) is 5.73 Å². The Hall–Kier alpha value is -1.81. The summed E-state index contributed by atoms with van der Waals surface area (Å²) in [5.74, 6) is 0.312. The second kappa shape index (κ2) is 4.37. The van der Waals surface area contributed by atoms with Crippen LogP contribution in [0.25, 0.3) is 0 Å². The van der Waals surface area contributed by atoms with Crippen molar-refractivity contribution in [2.24, 2.45) is 0 Å². The molecule has 0 saturated carbocycles. The van der Waals surface area contributed by atoms with Gasteiger partial charge >= 0.3 is 0 Å². The number of nitrogen functional groups attached to an aromatic ring is 1. The molecule has 0 fully saturated rings. The molecule has 0 spiro atoms. The lowest BCUT2D eigenvalue weighted by molar-refractivity contribution is 0.644. The standard InChI is InChI=1S/C11H10ClN3O/c12-9-4-2-1-3-8(9)7-15-11(16)6-5-10(13)14-15/h1-6H,7H2,(H2,13,14). The normalized spacial score (nSPS) is 10.3. The summed E-state index contributed by atoms with van der Waals surface area (Å²) in [6.45, 7) is 0.323. The summed E-state index contributed by atoms with van der Waals surface area (Å²) >= 11 is 5.99. The topological polar surface area (TPSA) is 60.9 Å². The number of aromatic nitrogens is 2. The van der Waals surface area contributed by atoms with E-state index in [-0.39, 0.29) is 5.56 Å². The van der Waals surface area contributed by atoms with Crippen LogP contribution >= 0.6 is 11.6 Å². The number of rotatable bonds is 2. The van der Waals surface area contributed by atoms with Crippen molar-refractivity contribution in [3.05, 3.63) is 57.3 Å². The fourth-order valence-electron chi connectivity index (χ4n) is 1.37. The summed E-state index contributed by atoms with van der Waals surface area (Å²) in [5, 5.41) is 4.54. The van der Waals surface area contributed by atoms with Crippen LogP contribution in [-0.4, -0.2) is 9.78 Å². The van der Waals surface area contributed by atoms with Gasteiger partial charge in [-0.15, -0.1) is 0 Å². The second-order valence-electron chi connectivity index (χ2n) is 3.35. The smallest absolute Gasteiger partial charge is 0.267 e. The molecule has 0 atom stereocenters. The maximum Gasteiger partial charge on any atom is 0.267 e. The fraction of sp³-hybridized carbons (Fsp3) is 0.0909. The van der Waals surface area contributed by atoms with E-state index in [1.807, 2.05) is 18.2 Å². The number of halogens is 1. The molecule has 2 rings (SSSR count). The minimum atomic E-state index is -0.200. The van der Waals surface area contributed by atoms with Crippen LogP contribution in [0.3, 0.4) is 0 Å². The zero-order chi connectivity index (χ0) is 11.5. The zero-order valence-corrected chi connectivity index (χ0v) is 9.19. The van der Waals surface area contributed by atoms with E-state index in [0.29, 0.717) is 17.4 Å². The van der Waals surface area contributed by atoms with E-state index in [0.717, 1.165) is 5.56 Å². The molecule has 0 aliphatic carbocycles. The highest BCUT2D eigenvalue weighted by Gasteiger charge is 2.03. The number of hydrogen-bond donors (Lipinski definition) is 1. The van der Waals surface area contributed by atoms with Gasteiger partial charge in [0.05, 0.1) is 6.54 Å². The van der Waals surface area contributed by atoms with Crippen molar-refractivity contribution in [2.45, 2.75) is 6.54 Å². The molecule has 0 unspecified atom stereocenters. The Kier molecular flexibility index (Phi) is 2.92. The molecule has 4 nitrogen and oxygen atoms in total. The van der Waals surface area contributed by atoms with Crippen molar-refractivity contribution in [3.8, 4) is 0 Å². The van der Waals surface area contributed by atoms with Gasteiger partial charge in [0, 0.05) is 11.1 Å². The van der Waals surface area contributed by atoms with Gasteiger partial charge in [0.2, 0.25) is 0 Å². The number of anilines is 1. The van der Waals surface area contributed by atoms with Crippen LogP contribution < -0.4 is 11.3 Å². The summed E-state index contributed by atoms with van der Waals surface area (Å²) in [6, 6.07) is 10.2. The summed E-state index contributed by atoms with van der Waals surface area (Å²) < 4.78 is 1.29. The molecule has 82 valence electrons. The number of nitrogens with two attached hydrogens (primary N) is 1. The largest absolute Gasteiger partial charge is 0.382 e. The molecule has 0 bridgehead atoms. The molecule has 0 radical (unpaired) electrons. The number of hydrogen-bond acceptors (Lipinski definition) is 3. The minimum absolute atomic E-state index is 0.200. The van der Waals surface area contributed by atoms with E-state index in [1.165, 1.54) is 16.8 Å². The van der Waals surface area contributed by atoms with Crippen molar-refractivity contribution >= 4 is 17.4 Å². The molecule has 1 aromatic carbocycles. The van der Waals surface area contributed by atoms with Crippen LogP contribution in [0.4, 0.5) is 5.82 Å². The van der Waals surface area contributed by atoms with Gasteiger partial charge in [-0.3, -0.25) is 4.79 Å². The SMILES string of the molecule is Nc1ccc(=O)n(Cc2ccccc2Cl)n1. The van der Waals surface area contributed by atoms with Gasteiger partial charge in [0.15, 0.2) is 0 Å². The third-order valence-electron chi connectivity index (χ3n) is 2.17. The molecular formula is C11H10ClN3O. The molecule has 0 aliphatic heterocycles. The molecule has 2 aromatic rings. The van der Waals surface area contributed by atoms with Gasteiger partial charge in [-0.1, -0.05) is 29.8 Å². The van der Waals surface area contributed by atoms with Crippen molar-refractivity contribution < 1.29 is 0 Å². The second-order valence-corrected chi connectivity index (χ2v) is 3.75. The van der Waals surface area contributed by atoms with E-state index in [1.54, 1.807) is 6.07 Å². The Morgan fingerprint density at radius 2 is 2.00 bits per heavy atom. The first-order valence-electron chi connectivity index (χ1n) is 4.74. The lowest BCUT2D eigenvalue weighted by atomic mass is 10.2. The van der Waals surface area contributed by atoms with Crippen molar-refractivity contribution in [1.82, 2.24) is 9.78 Å². The predicted octanol–water partition coefficient (Wildman–Crippen LogP) is 1.53. The molecule has 1 heterocycles. The molecule has 16 heavy (non-hydrogen) atoms. The van der Waals surface area contributed by atoms with Crippen LogP contribution in [0.2, 0.25) is 5.02 Å². The zero-order valence-electron chi connectivity index (χ0n) is 8.43. The Balaban J connectivity index is 2.38. The van der Waals surface area contributed by atoms with E-state index in [9.17, 15) is 4.79 Å². The average Bonchev–Trinajstić information content (AvgIpc) is 2.27. The summed E-state index contributed by atoms with van der Waals surface area (Å²) in [6.07, 6.45) is 0. The lowest BCUT2D eigenvalue weighted by Crippen LogP contribution is -2.23. The van der Waals surface area contributed by atoms with Gasteiger partial charge in [-0.2, -0.15) is 5.10 Å². The summed E-state index contributed by atoms with van der Waals surface area (Å²) in [4.78, 5) is 11.5. The molecule has 0 amide bonds. The van der Waals surface area contributed by atoms with Crippen LogP contribution in [0.15, 0.2) is 41.2 Å². The van der Waals surface area contributed by atoms with Crippen LogP contribution in [0.5, 0.6) is 0 Å². The van der Waals surface area contributed by atoms with E-state index < -0.39 is 0 Å². The van der Waals surface area contributed by atoms with Crippen molar-refractivity contribution in [3.63, 3.8) is 0 Å². The number of nitrogens with zero attached hydrogens (tertiary/aromatic N) is 2. The third kappa shape index (κ3) is 2.23. The average molecular weight is 236 g/mol. The van der Waals surface area contributed by atoms with E-state index >= 15 is 0 Å². The van der Waals surface area contributed by atoms with Crippen molar-refractivity contribution in [1.29, 1.82) is 0 Å². The number of benzene rings is 1. The Bertz CT molecular complexity index is 565. The third-order valence-corrected chi connectivity index (χ3v) is 2.53. The highest BCUT2D eigenvalue weighted by atomic mass is 35.5. The molecular weight excluding hydrogens is 226 g/mol. The quantitative estimate of drug-likeness (QED) is 0.859. The summed E-state index contributed by atoms with van der Waals surface area (Å²) in [5.41, 5.74) is 6.15. The Morgan fingerprint density at radius 3 is 2.75 bits per heavy atom. The molecule has 2 N–H and O–H groups in total. The lowest BCUT2D eigenvalue weighted by Gasteiger charge is -2.06. The van der Waals surface area contributed by atoms with Gasteiger partial charge < -0.3 is 5.73 Å². The van der Waals surface area contributed by atoms with Gasteiger partial charge in [0.25, 0.3) is 5.56 Å². The minimum Gasteiger partial charge on any atom is -0.382 e. The first-order valence-corrected chi connectivity index (χ1v) is 5.11. The molecule has 0 aliphatic rings.